The van der Waals surface area contributed by atoms with Crippen LogP contribution in [0.3, 0.4) is 0 Å². The first kappa shape index (κ1) is 8.17. The first-order valence-electron chi connectivity index (χ1n) is 2.67. The van der Waals surface area contributed by atoms with Gasteiger partial charge in [-0.05, 0) is 13.0 Å². The van der Waals surface area contributed by atoms with Crippen molar-refractivity contribution < 1.29 is 4.39 Å². The highest BCUT2D eigenvalue weighted by Gasteiger charge is 1.87. The third-order valence-electron chi connectivity index (χ3n) is 0.831. The topological polar surface area (TPSA) is 52.0 Å². The standard InChI is InChI=1S/C6H11FN2/c1-5(7)6(9)3-2-4-8/h2-3H,4,8-9H2,1H3/b3-2+,6-5+. The van der Waals surface area contributed by atoms with Crippen molar-refractivity contribution in [2.75, 3.05) is 6.54 Å². The van der Waals surface area contributed by atoms with Gasteiger partial charge in [0.15, 0.2) is 0 Å². The molecule has 0 saturated carbocycles. The van der Waals surface area contributed by atoms with E-state index in [1.165, 1.54) is 13.0 Å². The van der Waals surface area contributed by atoms with Crippen molar-refractivity contribution in [2.45, 2.75) is 6.92 Å². The maximum Gasteiger partial charge on any atom is 0.120 e. The highest BCUT2D eigenvalue weighted by molar-refractivity contribution is 5.17. The molecule has 0 amide bonds. The average molecular weight is 130 g/mol. The van der Waals surface area contributed by atoms with E-state index < -0.39 is 0 Å². The van der Waals surface area contributed by atoms with Gasteiger partial charge in [-0.3, -0.25) is 0 Å². The third kappa shape index (κ3) is 3.73. The van der Waals surface area contributed by atoms with E-state index in [0.717, 1.165) is 0 Å². The van der Waals surface area contributed by atoms with Crippen LogP contribution in [-0.4, -0.2) is 6.54 Å². The van der Waals surface area contributed by atoms with Gasteiger partial charge in [-0.1, -0.05) is 6.08 Å². The van der Waals surface area contributed by atoms with Crippen LogP contribution in [0.5, 0.6) is 0 Å². The molecule has 0 atom stereocenters. The molecule has 0 saturated heterocycles. The predicted molar refractivity (Wildman–Crippen MR) is 36.2 cm³/mol. The Morgan fingerprint density at radius 3 is 2.56 bits per heavy atom. The van der Waals surface area contributed by atoms with E-state index >= 15 is 0 Å². The molecule has 52 valence electrons. The molecule has 3 heteroatoms. The Hall–Kier alpha value is -0.830. The maximum atomic E-state index is 12.1. The quantitative estimate of drug-likeness (QED) is 0.539. The van der Waals surface area contributed by atoms with Gasteiger partial charge in [0.1, 0.15) is 5.83 Å². The number of hydrogen-bond acceptors (Lipinski definition) is 2. The molecule has 0 aliphatic carbocycles. The van der Waals surface area contributed by atoms with Gasteiger partial charge in [-0.25, -0.2) is 4.39 Å². The van der Waals surface area contributed by atoms with E-state index in [9.17, 15) is 4.39 Å². The van der Waals surface area contributed by atoms with E-state index in [2.05, 4.69) is 0 Å². The second-order valence-electron chi connectivity index (χ2n) is 1.63. The molecule has 0 spiro atoms. The van der Waals surface area contributed by atoms with Gasteiger partial charge in [0.05, 0.1) is 5.70 Å². The molecule has 0 heterocycles. The summed E-state index contributed by atoms with van der Waals surface area (Å²) in [5.74, 6) is -0.375. The lowest BCUT2D eigenvalue weighted by Crippen LogP contribution is -1.97. The second kappa shape index (κ2) is 4.09. The molecule has 0 unspecified atom stereocenters. The molecule has 0 aromatic heterocycles. The Morgan fingerprint density at radius 2 is 2.22 bits per heavy atom. The molecule has 0 aromatic carbocycles. The Morgan fingerprint density at radius 1 is 1.67 bits per heavy atom. The maximum absolute atomic E-state index is 12.1. The zero-order valence-corrected chi connectivity index (χ0v) is 5.39. The Bertz CT molecular complexity index is 134. The number of allylic oxidation sites excluding steroid dienone is 2. The zero-order chi connectivity index (χ0) is 7.28. The number of halogens is 1. The third-order valence-corrected chi connectivity index (χ3v) is 0.831. The molecule has 0 aromatic rings. The first-order valence-corrected chi connectivity index (χ1v) is 2.67. The lowest BCUT2D eigenvalue weighted by molar-refractivity contribution is 0.629. The van der Waals surface area contributed by atoms with Crippen LogP contribution in [0, 0.1) is 0 Å². The molecular formula is C6H11FN2. The second-order valence-corrected chi connectivity index (χ2v) is 1.63. The van der Waals surface area contributed by atoms with Crippen molar-refractivity contribution >= 4 is 0 Å². The molecule has 0 radical (unpaired) electrons. The van der Waals surface area contributed by atoms with Gasteiger partial charge in [0, 0.05) is 6.54 Å². The SMILES string of the molecule is C/C(F)=C(N)/C=C/CN. The minimum atomic E-state index is -0.375. The monoisotopic (exact) mass is 130 g/mol. The summed E-state index contributed by atoms with van der Waals surface area (Å²) in [6.45, 7) is 1.68. The summed E-state index contributed by atoms with van der Waals surface area (Å²) in [5.41, 5.74) is 10.4. The van der Waals surface area contributed by atoms with E-state index in [-0.39, 0.29) is 11.5 Å². The van der Waals surface area contributed by atoms with Gasteiger partial charge < -0.3 is 11.5 Å². The zero-order valence-electron chi connectivity index (χ0n) is 5.39. The lowest BCUT2D eigenvalue weighted by atomic mass is 10.3. The molecule has 0 aliphatic heterocycles. The fourth-order valence-electron chi connectivity index (χ4n) is 0.310. The first-order chi connectivity index (χ1) is 4.18. The lowest BCUT2D eigenvalue weighted by Gasteiger charge is -1.89. The molecule has 0 fully saturated rings. The van der Waals surface area contributed by atoms with Crippen molar-refractivity contribution in [1.29, 1.82) is 0 Å². The molecule has 0 bridgehead atoms. The summed E-state index contributed by atoms with van der Waals surface area (Å²) in [5, 5.41) is 0. The number of rotatable bonds is 2. The van der Waals surface area contributed by atoms with Gasteiger partial charge in [0.25, 0.3) is 0 Å². The molecule has 4 N–H and O–H groups in total. The summed E-state index contributed by atoms with van der Waals surface area (Å²) in [4.78, 5) is 0. The van der Waals surface area contributed by atoms with Crippen molar-refractivity contribution in [3.8, 4) is 0 Å². The van der Waals surface area contributed by atoms with Crippen LogP contribution in [0.2, 0.25) is 0 Å². The number of nitrogens with two attached hydrogens (primary N) is 2. The van der Waals surface area contributed by atoms with Crippen LogP contribution in [0.15, 0.2) is 23.7 Å². The minimum absolute atomic E-state index is 0.139. The van der Waals surface area contributed by atoms with Crippen molar-refractivity contribution in [2.24, 2.45) is 11.5 Å². The van der Waals surface area contributed by atoms with Gasteiger partial charge in [-0.15, -0.1) is 0 Å². The van der Waals surface area contributed by atoms with Gasteiger partial charge in [0.2, 0.25) is 0 Å². The highest BCUT2D eigenvalue weighted by Crippen LogP contribution is 1.98. The predicted octanol–water partition coefficient (Wildman–Crippen LogP) is 0.661. The minimum Gasteiger partial charge on any atom is -0.397 e. The normalized spacial score (nSPS) is 14.1. The summed E-state index contributed by atoms with van der Waals surface area (Å²) in [6, 6.07) is 0. The summed E-state index contributed by atoms with van der Waals surface area (Å²) >= 11 is 0. The van der Waals surface area contributed by atoms with E-state index in [1.807, 2.05) is 0 Å². The largest absolute Gasteiger partial charge is 0.397 e. The van der Waals surface area contributed by atoms with Gasteiger partial charge >= 0.3 is 0 Å². The molecule has 9 heavy (non-hydrogen) atoms. The fourth-order valence-corrected chi connectivity index (χ4v) is 0.310. The summed E-state index contributed by atoms with van der Waals surface area (Å²) in [6.07, 6.45) is 3.05. The van der Waals surface area contributed by atoms with Crippen molar-refractivity contribution in [3.05, 3.63) is 23.7 Å². The summed E-state index contributed by atoms with van der Waals surface area (Å²) in [7, 11) is 0. The van der Waals surface area contributed by atoms with Crippen molar-refractivity contribution in [1.82, 2.24) is 0 Å². The Balaban J connectivity index is 3.91. The smallest absolute Gasteiger partial charge is 0.120 e. The Labute approximate surface area is 54.0 Å². The average Bonchev–Trinajstić information content (AvgIpc) is 1.82. The fraction of sp³-hybridized carbons (Fsp3) is 0.333. The molecule has 2 nitrogen and oxygen atoms in total. The Kier molecular flexibility index (Phi) is 3.71. The van der Waals surface area contributed by atoms with Crippen LogP contribution in [0.25, 0.3) is 0 Å². The molecule has 0 aliphatic rings. The van der Waals surface area contributed by atoms with Crippen LogP contribution in [0.1, 0.15) is 6.92 Å². The van der Waals surface area contributed by atoms with Crippen LogP contribution in [0.4, 0.5) is 4.39 Å². The molecule has 0 rings (SSSR count). The van der Waals surface area contributed by atoms with Crippen LogP contribution >= 0.6 is 0 Å². The summed E-state index contributed by atoms with van der Waals surface area (Å²) < 4.78 is 12.1. The van der Waals surface area contributed by atoms with E-state index in [0.29, 0.717) is 6.54 Å². The molecular weight excluding hydrogens is 119 g/mol. The van der Waals surface area contributed by atoms with Crippen LogP contribution < -0.4 is 11.5 Å². The van der Waals surface area contributed by atoms with E-state index in [1.54, 1.807) is 6.08 Å². The van der Waals surface area contributed by atoms with Crippen molar-refractivity contribution in [3.63, 3.8) is 0 Å². The van der Waals surface area contributed by atoms with Crippen LogP contribution in [-0.2, 0) is 0 Å². The highest BCUT2D eigenvalue weighted by atomic mass is 19.1. The number of hydrogen-bond donors (Lipinski definition) is 2. The van der Waals surface area contributed by atoms with E-state index in [4.69, 9.17) is 11.5 Å². The van der Waals surface area contributed by atoms with Gasteiger partial charge in [-0.2, -0.15) is 0 Å².